The van der Waals surface area contributed by atoms with E-state index in [9.17, 15) is 0 Å². The zero-order valence-corrected chi connectivity index (χ0v) is 15.6. The molecule has 1 aromatic heterocycles. The molecule has 5 heteroatoms. The Balaban J connectivity index is 1.40. The number of ether oxygens (including phenoxy) is 2. The molecule has 1 saturated heterocycles. The second-order valence-corrected chi connectivity index (χ2v) is 6.67. The predicted molar refractivity (Wildman–Crippen MR) is 105 cm³/mol. The SMILES string of the molecule is COc1cccnc1NCCCOc1cccc(CN2CCCCC2)c1. The molecule has 2 heterocycles. The lowest BCUT2D eigenvalue weighted by Gasteiger charge is -2.26. The van der Waals surface area contributed by atoms with E-state index in [4.69, 9.17) is 9.47 Å². The predicted octanol–water partition coefficient (Wildman–Crippen LogP) is 3.96. The summed E-state index contributed by atoms with van der Waals surface area (Å²) >= 11 is 0. The number of hydrogen-bond donors (Lipinski definition) is 1. The van der Waals surface area contributed by atoms with E-state index in [0.717, 1.165) is 36.8 Å². The number of nitrogens with one attached hydrogen (secondary N) is 1. The number of anilines is 1. The summed E-state index contributed by atoms with van der Waals surface area (Å²) in [6.07, 6.45) is 6.68. The maximum absolute atomic E-state index is 5.92. The number of nitrogens with zero attached hydrogens (tertiary/aromatic N) is 2. The minimum atomic E-state index is 0.676. The average molecular weight is 355 g/mol. The van der Waals surface area contributed by atoms with Crippen LogP contribution in [0.25, 0.3) is 0 Å². The number of rotatable bonds is 9. The highest BCUT2D eigenvalue weighted by Gasteiger charge is 2.10. The number of piperidine rings is 1. The number of likely N-dealkylation sites (tertiary alicyclic amines) is 1. The van der Waals surface area contributed by atoms with Gasteiger partial charge < -0.3 is 14.8 Å². The summed E-state index contributed by atoms with van der Waals surface area (Å²) in [5.74, 6) is 2.49. The number of benzene rings is 1. The number of pyridine rings is 1. The van der Waals surface area contributed by atoms with Crippen molar-refractivity contribution in [2.75, 3.05) is 38.7 Å². The van der Waals surface area contributed by atoms with Gasteiger partial charge in [-0.15, -0.1) is 0 Å². The summed E-state index contributed by atoms with van der Waals surface area (Å²) in [6, 6.07) is 12.3. The molecule has 0 spiro atoms. The van der Waals surface area contributed by atoms with Gasteiger partial charge in [-0.05, 0) is 62.2 Å². The summed E-state index contributed by atoms with van der Waals surface area (Å²) in [6.45, 7) is 4.93. The van der Waals surface area contributed by atoms with Crippen LogP contribution in [0.5, 0.6) is 11.5 Å². The van der Waals surface area contributed by atoms with Gasteiger partial charge >= 0.3 is 0 Å². The highest BCUT2D eigenvalue weighted by atomic mass is 16.5. The molecule has 140 valence electrons. The van der Waals surface area contributed by atoms with Gasteiger partial charge in [0.1, 0.15) is 5.75 Å². The lowest BCUT2D eigenvalue weighted by molar-refractivity contribution is 0.220. The molecule has 0 amide bonds. The van der Waals surface area contributed by atoms with E-state index < -0.39 is 0 Å². The zero-order chi connectivity index (χ0) is 18.0. The van der Waals surface area contributed by atoms with Gasteiger partial charge in [-0.25, -0.2) is 4.98 Å². The van der Waals surface area contributed by atoms with Crippen LogP contribution in [-0.4, -0.2) is 43.2 Å². The molecule has 0 unspecified atom stereocenters. The first-order valence-electron chi connectivity index (χ1n) is 9.52. The van der Waals surface area contributed by atoms with Crippen LogP contribution in [0.1, 0.15) is 31.2 Å². The van der Waals surface area contributed by atoms with Crippen molar-refractivity contribution in [3.63, 3.8) is 0 Å². The summed E-state index contributed by atoms with van der Waals surface area (Å²) in [4.78, 5) is 6.83. The van der Waals surface area contributed by atoms with E-state index >= 15 is 0 Å². The highest BCUT2D eigenvalue weighted by Crippen LogP contribution is 2.20. The molecular formula is C21H29N3O2. The molecule has 0 bridgehead atoms. The van der Waals surface area contributed by atoms with Gasteiger partial charge in [-0.3, -0.25) is 4.90 Å². The number of hydrogen-bond acceptors (Lipinski definition) is 5. The normalized spacial score (nSPS) is 14.8. The standard InChI is InChI=1S/C21H29N3O2/c1-25-20-10-6-11-22-21(20)23-12-7-15-26-19-9-5-8-18(16-19)17-24-13-3-2-4-14-24/h5-6,8-11,16H,2-4,7,12-15,17H2,1H3,(H,22,23). The van der Waals surface area contributed by atoms with Crippen LogP contribution in [0.2, 0.25) is 0 Å². The van der Waals surface area contributed by atoms with E-state index in [1.807, 2.05) is 18.2 Å². The molecule has 2 aromatic rings. The Hall–Kier alpha value is -2.27. The van der Waals surface area contributed by atoms with Crippen molar-refractivity contribution >= 4 is 5.82 Å². The molecule has 1 aliphatic rings. The van der Waals surface area contributed by atoms with Gasteiger partial charge in [0.15, 0.2) is 11.6 Å². The molecule has 1 fully saturated rings. The first kappa shape index (κ1) is 18.5. The third-order valence-corrected chi connectivity index (χ3v) is 4.63. The van der Waals surface area contributed by atoms with Crippen LogP contribution < -0.4 is 14.8 Å². The smallest absolute Gasteiger partial charge is 0.168 e. The van der Waals surface area contributed by atoms with Crippen molar-refractivity contribution in [2.24, 2.45) is 0 Å². The average Bonchev–Trinajstić information content (AvgIpc) is 2.69. The first-order chi connectivity index (χ1) is 12.8. The Kier molecular flexibility index (Phi) is 7.14. The van der Waals surface area contributed by atoms with Crippen molar-refractivity contribution in [1.82, 2.24) is 9.88 Å². The van der Waals surface area contributed by atoms with Gasteiger partial charge in [0.05, 0.1) is 13.7 Å². The summed E-state index contributed by atoms with van der Waals surface area (Å²) < 4.78 is 11.2. The van der Waals surface area contributed by atoms with Gasteiger partial charge in [0.25, 0.3) is 0 Å². The molecule has 26 heavy (non-hydrogen) atoms. The fourth-order valence-corrected chi connectivity index (χ4v) is 3.27. The molecule has 0 atom stereocenters. The number of methoxy groups -OCH3 is 1. The Morgan fingerprint density at radius 3 is 2.85 bits per heavy atom. The van der Waals surface area contributed by atoms with Crippen LogP contribution in [0.4, 0.5) is 5.82 Å². The topological polar surface area (TPSA) is 46.6 Å². The van der Waals surface area contributed by atoms with E-state index in [2.05, 4.69) is 33.4 Å². The van der Waals surface area contributed by atoms with Gasteiger partial charge in [0.2, 0.25) is 0 Å². The number of aromatic nitrogens is 1. The van der Waals surface area contributed by atoms with E-state index in [1.165, 1.54) is 37.9 Å². The summed E-state index contributed by atoms with van der Waals surface area (Å²) in [5, 5.41) is 3.29. The molecule has 1 aromatic carbocycles. The molecule has 0 aliphatic carbocycles. The van der Waals surface area contributed by atoms with Gasteiger partial charge in [-0.1, -0.05) is 18.6 Å². The molecule has 0 radical (unpaired) electrons. The Bertz CT molecular complexity index is 672. The maximum Gasteiger partial charge on any atom is 0.168 e. The quantitative estimate of drug-likeness (QED) is 0.690. The largest absolute Gasteiger partial charge is 0.494 e. The Morgan fingerprint density at radius 2 is 2.00 bits per heavy atom. The molecule has 3 rings (SSSR count). The van der Waals surface area contributed by atoms with E-state index in [-0.39, 0.29) is 0 Å². The first-order valence-corrected chi connectivity index (χ1v) is 9.52. The fraction of sp³-hybridized carbons (Fsp3) is 0.476. The summed E-state index contributed by atoms with van der Waals surface area (Å²) in [7, 11) is 1.65. The molecular weight excluding hydrogens is 326 g/mol. The fourth-order valence-electron chi connectivity index (χ4n) is 3.27. The van der Waals surface area contributed by atoms with Crippen LogP contribution in [0, 0.1) is 0 Å². The van der Waals surface area contributed by atoms with Crippen molar-refractivity contribution in [1.29, 1.82) is 0 Å². The van der Waals surface area contributed by atoms with Gasteiger partial charge in [-0.2, -0.15) is 0 Å². The molecule has 0 saturated carbocycles. The second kappa shape index (κ2) is 10.0. The molecule has 1 aliphatic heterocycles. The Morgan fingerprint density at radius 1 is 1.12 bits per heavy atom. The van der Waals surface area contributed by atoms with Crippen molar-refractivity contribution in [2.45, 2.75) is 32.2 Å². The summed E-state index contributed by atoms with van der Waals surface area (Å²) in [5.41, 5.74) is 1.33. The highest BCUT2D eigenvalue weighted by molar-refractivity contribution is 5.49. The van der Waals surface area contributed by atoms with Crippen LogP contribution in [0.15, 0.2) is 42.6 Å². The van der Waals surface area contributed by atoms with Crippen molar-refractivity contribution < 1.29 is 9.47 Å². The second-order valence-electron chi connectivity index (χ2n) is 6.67. The van der Waals surface area contributed by atoms with E-state index in [1.54, 1.807) is 13.3 Å². The molecule has 1 N–H and O–H groups in total. The van der Waals surface area contributed by atoms with Gasteiger partial charge in [0, 0.05) is 19.3 Å². The minimum Gasteiger partial charge on any atom is -0.494 e. The minimum absolute atomic E-state index is 0.676. The maximum atomic E-state index is 5.92. The van der Waals surface area contributed by atoms with Crippen molar-refractivity contribution in [3.8, 4) is 11.5 Å². The zero-order valence-electron chi connectivity index (χ0n) is 15.6. The Labute approximate surface area is 156 Å². The third-order valence-electron chi connectivity index (χ3n) is 4.63. The molecule has 5 nitrogen and oxygen atoms in total. The van der Waals surface area contributed by atoms with Crippen LogP contribution in [-0.2, 0) is 6.54 Å². The lowest BCUT2D eigenvalue weighted by atomic mass is 10.1. The monoisotopic (exact) mass is 355 g/mol. The third kappa shape index (κ3) is 5.63. The van der Waals surface area contributed by atoms with Crippen LogP contribution >= 0.6 is 0 Å². The van der Waals surface area contributed by atoms with Crippen LogP contribution in [0.3, 0.4) is 0 Å². The lowest BCUT2D eigenvalue weighted by Crippen LogP contribution is -2.29. The van der Waals surface area contributed by atoms with E-state index in [0.29, 0.717) is 6.61 Å². The van der Waals surface area contributed by atoms with Crippen molar-refractivity contribution in [3.05, 3.63) is 48.2 Å².